The maximum absolute atomic E-state index is 13.0. The predicted molar refractivity (Wildman–Crippen MR) is 150 cm³/mol. The lowest BCUT2D eigenvalue weighted by molar-refractivity contribution is -0.120. The fourth-order valence-electron chi connectivity index (χ4n) is 4.61. The molecular weight excluding hydrogens is 502 g/mol. The summed E-state index contributed by atoms with van der Waals surface area (Å²) < 4.78 is 0.960. The van der Waals surface area contributed by atoms with Crippen molar-refractivity contribution in [1.29, 1.82) is 5.41 Å². The zero-order valence-electron chi connectivity index (χ0n) is 21.3. The summed E-state index contributed by atoms with van der Waals surface area (Å²) in [4.78, 5) is 20.0. The van der Waals surface area contributed by atoms with Gasteiger partial charge in [-0.15, -0.1) is 0 Å². The number of amides is 1. The van der Waals surface area contributed by atoms with Crippen molar-refractivity contribution in [2.24, 2.45) is 10.7 Å². The second kappa shape index (κ2) is 12.6. The monoisotopic (exact) mass is 535 g/mol. The third-order valence-corrected chi connectivity index (χ3v) is 6.95. The Morgan fingerprint density at radius 2 is 1.84 bits per heavy atom. The zero-order valence-corrected chi connectivity index (χ0v) is 22.0. The number of anilines is 1. The number of nitrogens with one attached hydrogen (secondary N) is 2. The molecule has 0 unspecified atom stereocenters. The average molecular weight is 536 g/mol. The highest BCUT2D eigenvalue weighted by molar-refractivity contribution is 6.33. The first kappa shape index (κ1) is 27.2. The number of halogens is 1. The van der Waals surface area contributed by atoms with Crippen molar-refractivity contribution >= 4 is 29.0 Å². The molecule has 1 aromatic heterocycles. The van der Waals surface area contributed by atoms with Crippen LogP contribution in [0.5, 0.6) is 0 Å². The molecule has 1 saturated heterocycles. The summed E-state index contributed by atoms with van der Waals surface area (Å²) in [5.74, 6) is -0.310. The first-order valence-corrected chi connectivity index (χ1v) is 13.1. The zero-order chi connectivity index (χ0) is 27.1. The Balaban J connectivity index is 1.58. The molecule has 1 amide bonds. The number of likely N-dealkylation sites (tertiary alicyclic amines) is 1. The van der Waals surface area contributed by atoms with E-state index in [9.17, 15) is 10.0 Å². The van der Waals surface area contributed by atoms with Crippen LogP contribution in [0.15, 0.2) is 59.6 Å². The van der Waals surface area contributed by atoms with Crippen LogP contribution in [0.4, 0.5) is 5.69 Å². The van der Waals surface area contributed by atoms with Crippen LogP contribution in [0.1, 0.15) is 36.1 Å². The van der Waals surface area contributed by atoms with E-state index in [1.54, 1.807) is 48.5 Å². The molecular formula is C28H34ClN7O2. The average Bonchev–Trinajstić information content (AvgIpc) is 2.91. The Labute approximate surface area is 227 Å². The molecule has 0 aliphatic carbocycles. The summed E-state index contributed by atoms with van der Waals surface area (Å²) in [6.45, 7) is 3.71. The Hall–Kier alpha value is -3.82. The highest BCUT2D eigenvalue weighted by Gasteiger charge is 2.19. The minimum atomic E-state index is -0.296. The summed E-state index contributed by atoms with van der Waals surface area (Å²) in [6.07, 6.45) is 3.53. The van der Waals surface area contributed by atoms with Crippen LogP contribution in [0.2, 0.25) is 5.02 Å². The number of nitrogens with zero attached hydrogens (tertiary/aromatic N) is 3. The molecule has 0 atom stereocenters. The van der Waals surface area contributed by atoms with Gasteiger partial charge in [0.15, 0.2) is 5.49 Å². The van der Waals surface area contributed by atoms with Crippen LogP contribution in [0, 0.1) is 5.41 Å². The lowest BCUT2D eigenvalue weighted by atomic mass is 10.0. The van der Waals surface area contributed by atoms with Gasteiger partial charge in [0.1, 0.15) is 5.84 Å². The van der Waals surface area contributed by atoms with Gasteiger partial charge in [-0.25, -0.2) is 0 Å². The van der Waals surface area contributed by atoms with Gasteiger partial charge < -0.3 is 26.9 Å². The molecule has 200 valence electrons. The summed E-state index contributed by atoms with van der Waals surface area (Å²) in [6, 6.07) is 15.9. The van der Waals surface area contributed by atoms with Crippen molar-refractivity contribution < 1.29 is 10.0 Å². The van der Waals surface area contributed by atoms with E-state index in [-0.39, 0.29) is 24.7 Å². The molecule has 1 aliphatic heterocycles. The van der Waals surface area contributed by atoms with Crippen molar-refractivity contribution in [2.45, 2.75) is 32.2 Å². The number of hydrogen-bond donors (Lipinski definition) is 5. The molecule has 2 aromatic carbocycles. The van der Waals surface area contributed by atoms with Gasteiger partial charge in [0, 0.05) is 36.0 Å². The predicted octanol–water partition coefficient (Wildman–Crippen LogP) is 3.16. The highest BCUT2D eigenvalue weighted by atomic mass is 35.5. The van der Waals surface area contributed by atoms with E-state index in [0.717, 1.165) is 29.9 Å². The molecule has 38 heavy (non-hydrogen) atoms. The van der Waals surface area contributed by atoms with E-state index in [0.29, 0.717) is 45.1 Å². The Morgan fingerprint density at radius 3 is 2.53 bits per heavy atom. The normalized spacial score (nSPS) is 14.4. The summed E-state index contributed by atoms with van der Waals surface area (Å²) in [7, 11) is 0. The van der Waals surface area contributed by atoms with Crippen molar-refractivity contribution in [2.75, 3.05) is 31.9 Å². The number of nitrogen functional groups attached to an aromatic ring is 2. The number of amidine groups is 1. The van der Waals surface area contributed by atoms with E-state index in [1.807, 2.05) is 6.07 Å². The lowest BCUT2D eigenvalue weighted by Crippen LogP contribution is -2.33. The van der Waals surface area contributed by atoms with Gasteiger partial charge in [-0.05, 0) is 49.2 Å². The van der Waals surface area contributed by atoms with Gasteiger partial charge in [0.05, 0.1) is 23.7 Å². The van der Waals surface area contributed by atoms with Gasteiger partial charge in [0.25, 0.3) is 0 Å². The summed E-state index contributed by atoms with van der Waals surface area (Å²) in [5, 5.41) is 22.0. The SMILES string of the molecule is N=C(N)c1ccc(CNC(=O)Cc2c(-c3cccc(N)c3)c(Cl)cc(=NCCN3CCCCC3)n2O)cc1. The number of rotatable bonds is 9. The topological polar surface area (TPSA) is 146 Å². The van der Waals surface area contributed by atoms with Gasteiger partial charge in [0.2, 0.25) is 5.91 Å². The molecule has 9 nitrogen and oxygen atoms in total. The Morgan fingerprint density at radius 1 is 1.11 bits per heavy atom. The van der Waals surface area contributed by atoms with E-state index in [1.165, 1.54) is 19.3 Å². The van der Waals surface area contributed by atoms with Crippen LogP contribution in [-0.4, -0.2) is 52.8 Å². The molecule has 0 spiro atoms. The first-order valence-electron chi connectivity index (χ1n) is 12.7. The Kier molecular flexibility index (Phi) is 9.04. The van der Waals surface area contributed by atoms with Crippen LogP contribution in [0.3, 0.4) is 0 Å². The Bertz CT molecular complexity index is 1360. The van der Waals surface area contributed by atoms with Gasteiger partial charge in [-0.2, -0.15) is 4.73 Å². The molecule has 1 fully saturated rings. The van der Waals surface area contributed by atoms with Crippen LogP contribution in [-0.2, 0) is 17.8 Å². The fourth-order valence-corrected chi connectivity index (χ4v) is 4.93. The maximum Gasteiger partial charge on any atom is 0.226 e. The summed E-state index contributed by atoms with van der Waals surface area (Å²) >= 11 is 6.72. The van der Waals surface area contributed by atoms with Crippen LogP contribution in [0.25, 0.3) is 11.1 Å². The van der Waals surface area contributed by atoms with Gasteiger partial charge in [-0.3, -0.25) is 15.2 Å². The number of piperidine rings is 1. The largest absolute Gasteiger partial charge is 0.427 e. The third-order valence-electron chi connectivity index (χ3n) is 6.65. The van der Waals surface area contributed by atoms with E-state index in [2.05, 4.69) is 15.2 Å². The van der Waals surface area contributed by atoms with Crippen molar-refractivity contribution in [3.63, 3.8) is 0 Å². The van der Waals surface area contributed by atoms with Crippen molar-refractivity contribution in [1.82, 2.24) is 14.9 Å². The smallest absolute Gasteiger partial charge is 0.226 e. The first-order chi connectivity index (χ1) is 18.3. The number of nitrogens with two attached hydrogens (primary N) is 2. The molecule has 4 rings (SSSR count). The second-order valence-corrected chi connectivity index (χ2v) is 9.86. The second-order valence-electron chi connectivity index (χ2n) is 9.46. The molecule has 0 saturated carbocycles. The van der Waals surface area contributed by atoms with Crippen molar-refractivity contribution in [3.05, 3.63) is 81.9 Å². The van der Waals surface area contributed by atoms with Crippen LogP contribution < -0.4 is 22.3 Å². The number of pyridine rings is 1. The van der Waals surface area contributed by atoms with E-state index >= 15 is 0 Å². The molecule has 1 aliphatic rings. The molecule has 3 aromatic rings. The number of carbonyl (C=O) groups excluding carboxylic acids is 1. The fraction of sp³-hybridized carbons (Fsp3) is 0.321. The molecule has 10 heteroatoms. The van der Waals surface area contributed by atoms with Crippen molar-refractivity contribution in [3.8, 4) is 11.1 Å². The third kappa shape index (κ3) is 6.93. The lowest BCUT2D eigenvalue weighted by Gasteiger charge is -2.25. The van der Waals surface area contributed by atoms with Crippen LogP contribution >= 0.6 is 11.6 Å². The quantitative estimate of drug-likeness (QED) is 0.124. The maximum atomic E-state index is 13.0. The summed E-state index contributed by atoms with van der Waals surface area (Å²) in [5.41, 5.74) is 15.4. The number of benzene rings is 2. The van der Waals surface area contributed by atoms with E-state index in [4.69, 9.17) is 28.5 Å². The molecule has 2 heterocycles. The van der Waals surface area contributed by atoms with Gasteiger partial charge >= 0.3 is 0 Å². The highest BCUT2D eigenvalue weighted by Crippen LogP contribution is 2.31. The molecule has 7 N–H and O–H groups in total. The van der Waals surface area contributed by atoms with Gasteiger partial charge in [-0.1, -0.05) is 54.4 Å². The minimum absolute atomic E-state index is 0.0136. The minimum Gasteiger partial charge on any atom is -0.427 e. The molecule has 0 bridgehead atoms. The number of aromatic nitrogens is 1. The standard InChI is InChI=1S/C28H34ClN7O2/c29-23-16-25(33-11-14-35-12-2-1-3-13-35)36(38)24(27(23)21-5-4-6-22(30)15-21)17-26(37)34-18-19-7-9-20(10-8-19)28(31)32/h4-10,15-16,38H,1-3,11-14,17-18,30H2,(H3,31,32)(H,34,37). The molecule has 0 radical (unpaired) electrons. The number of hydrogen-bond acceptors (Lipinski definition) is 6. The van der Waals surface area contributed by atoms with E-state index < -0.39 is 0 Å². The number of carbonyl (C=O) groups is 1.